The van der Waals surface area contributed by atoms with Gasteiger partial charge in [0.15, 0.2) is 0 Å². The first-order valence-electron chi connectivity index (χ1n) is 9.22. The van der Waals surface area contributed by atoms with Crippen LogP contribution in [0.2, 0.25) is 0 Å². The standard InChI is InChI=1S/C20H27NO3/c22-19(16-9-11-17(12-10-16)20(23)24)21-13-5-4-8-18(21)14-15-6-2-1-3-7-15/h1-3,6-7,16-18H,4-5,8-14H2,(H,23,24). The largest absolute Gasteiger partial charge is 0.481 e. The minimum Gasteiger partial charge on any atom is -0.481 e. The lowest BCUT2D eigenvalue weighted by atomic mass is 9.80. The zero-order valence-electron chi connectivity index (χ0n) is 14.2. The van der Waals surface area contributed by atoms with Gasteiger partial charge in [-0.25, -0.2) is 0 Å². The van der Waals surface area contributed by atoms with E-state index in [9.17, 15) is 9.59 Å². The molecule has 0 spiro atoms. The van der Waals surface area contributed by atoms with Crippen molar-refractivity contribution in [3.8, 4) is 0 Å². The Kier molecular flexibility index (Phi) is 5.54. The maximum absolute atomic E-state index is 13.0. The minimum atomic E-state index is -0.708. The van der Waals surface area contributed by atoms with Gasteiger partial charge < -0.3 is 10.0 Å². The van der Waals surface area contributed by atoms with Gasteiger partial charge in [0.1, 0.15) is 0 Å². The third-order valence-electron chi connectivity index (χ3n) is 5.65. The lowest BCUT2D eigenvalue weighted by molar-refractivity contribution is -0.146. The zero-order chi connectivity index (χ0) is 16.9. The molecule has 1 saturated carbocycles. The number of likely N-dealkylation sites (tertiary alicyclic amines) is 1. The Morgan fingerprint density at radius 1 is 0.958 bits per heavy atom. The molecule has 0 aromatic heterocycles. The second kappa shape index (κ2) is 7.82. The van der Waals surface area contributed by atoms with Crippen LogP contribution >= 0.6 is 0 Å². The van der Waals surface area contributed by atoms with Crippen molar-refractivity contribution in [1.29, 1.82) is 0 Å². The molecule has 4 nitrogen and oxygen atoms in total. The topological polar surface area (TPSA) is 57.6 Å². The number of carboxylic acids is 1. The molecule has 4 heteroatoms. The maximum atomic E-state index is 13.0. The van der Waals surface area contributed by atoms with E-state index in [0.29, 0.717) is 18.9 Å². The molecule has 130 valence electrons. The quantitative estimate of drug-likeness (QED) is 0.920. The third-order valence-corrected chi connectivity index (χ3v) is 5.65. The molecule has 2 aliphatic rings. The fourth-order valence-electron chi connectivity index (χ4n) is 4.21. The number of carbonyl (C=O) groups excluding carboxylic acids is 1. The lowest BCUT2D eigenvalue weighted by Gasteiger charge is -2.39. The van der Waals surface area contributed by atoms with E-state index in [1.165, 1.54) is 12.0 Å². The van der Waals surface area contributed by atoms with Crippen molar-refractivity contribution in [2.24, 2.45) is 11.8 Å². The summed E-state index contributed by atoms with van der Waals surface area (Å²) in [6.45, 7) is 0.856. The Hall–Kier alpha value is -1.84. The summed E-state index contributed by atoms with van der Waals surface area (Å²) in [6, 6.07) is 10.7. The molecule has 1 atom stereocenters. The summed E-state index contributed by atoms with van der Waals surface area (Å²) in [6.07, 6.45) is 7.01. The molecule has 1 aromatic carbocycles. The molecule has 1 aliphatic carbocycles. The highest BCUT2D eigenvalue weighted by molar-refractivity contribution is 5.80. The third kappa shape index (κ3) is 3.97. The minimum absolute atomic E-state index is 0.0250. The monoisotopic (exact) mass is 329 g/mol. The molecule has 1 N–H and O–H groups in total. The Labute approximate surface area is 143 Å². The van der Waals surface area contributed by atoms with Crippen LogP contribution in [0.5, 0.6) is 0 Å². The van der Waals surface area contributed by atoms with Gasteiger partial charge in [0, 0.05) is 18.5 Å². The highest BCUT2D eigenvalue weighted by Gasteiger charge is 2.35. The van der Waals surface area contributed by atoms with Gasteiger partial charge in [0.25, 0.3) is 0 Å². The van der Waals surface area contributed by atoms with Crippen LogP contribution in [0, 0.1) is 11.8 Å². The molecular formula is C20H27NO3. The maximum Gasteiger partial charge on any atom is 0.306 e. The second-order valence-corrected chi connectivity index (χ2v) is 7.26. The summed E-state index contributed by atoms with van der Waals surface area (Å²) >= 11 is 0. The van der Waals surface area contributed by atoms with E-state index in [4.69, 9.17) is 5.11 Å². The van der Waals surface area contributed by atoms with Crippen molar-refractivity contribution in [3.05, 3.63) is 35.9 Å². The summed E-state index contributed by atoms with van der Waals surface area (Å²) in [5.74, 6) is -0.673. The molecule has 1 aromatic rings. The highest BCUT2D eigenvalue weighted by Crippen LogP contribution is 2.32. The number of hydrogen-bond acceptors (Lipinski definition) is 2. The van der Waals surface area contributed by atoms with Crippen LogP contribution < -0.4 is 0 Å². The van der Waals surface area contributed by atoms with Crippen molar-refractivity contribution in [3.63, 3.8) is 0 Å². The fraction of sp³-hybridized carbons (Fsp3) is 0.600. The van der Waals surface area contributed by atoms with Gasteiger partial charge in [0.05, 0.1) is 5.92 Å². The van der Waals surface area contributed by atoms with Gasteiger partial charge in [-0.05, 0) is 56.9 Å². The van der Waals surface area contributed by atoms with Crippen molar-refractivity contribution in [2.75, 3.05) is 6.54 Å². The molecule has 1 amide bonds. The zero-order valence-corrected chi connectivity index (χ0v) is 14.2. The first kappa shape index (κ1) is 17.0. The Balaban J connectivity index is 1.62. The molecule has 24 heavy (non-hydrogen) atoms. The van der Waals surface area contributed by atoms with E-state index in [2.05, 4.69) is 29.2 Å². The number of aliphatic carboxylic acids is 1. The van der Waals surface area contributed by atoms with Crippen molar-refractivity contribution >= 4 is 11.9 Å². The molecule has 0 radical (unpaired) electrons. The summed E-state index contributed by atoms with van der Waals surface area (Å²) in [5.41, 5.74) is 1.29. The van der Waals surface area contributed by atoms with Crippen LogP contribution in [0.25, 0.3) is 0 Å². The lowest BCUT2D eigenvalue weighted by Crippen LogP contribution is -2.48. The van der Waals surface area contributed by atoms with Gasteiger partial charge >= 0.3 is 5.97 Å². The predicted octanol–water partition coefficient (Wildman–Crippen LogP) is 3.50. The molecule has 2 fully saturated rings. The van der Waals surface area contributed by atoms with Crippen molar-refractivity contribution in [1.82, 2.24) is 4.90 Å². The smallest absolute Gasteiger partial charge is 0.306 e. The van der Waals surface area contributed by atoms with Gasteiger partial charge in [-0.1, -0.05) is 30.3 Å². The molecule has 1 heterocycles. The summed E-state index contributed by atoms with van der Waals surface area (Å²) < 4.78 is 0. The molecular weight excluding hydrogens is 302 g/mol. The van der Waals surface area contributed by atoms with Crippen LogP contribution in [0.1, 0.15) is 50.5 Å². The number of amides is 1. The first-order valence-corrected chi connectivity index (χ1v) is 9.22. The van der Waals surface area contributed by atoms with E-state index in [1.54, 1.807) is 0 Å². The molecule has 1 unspecified atom stereocenters. The van der Waals surface area contributed by atoms with E-state index < -0.39 is 5.97 Å². The second-order valence-electron chi connectivity index (χ2n) is 7.26. The first-order chi connectivity index (χ1) is 11.6. The molecule has 3 rings (SSSR count). The van der Waals surface area contributed by atoms with Gasteiger partial charge in [-0.2, -0.15) is 0 Å². The van der Waals surface area contributed by atoms with Crippen molar-refractivity contribution < 1.29 is 14.7 Å². The number of benzene rings is 1. The number of rotatable bonds is 4. The molecule has 1 aliphatic heterocycles. The van der Waals surface area contributed by atoms with Crippen LogP contribution in [-0.4, -0.2) is 34.5 Å². The number of hydrogen-bond donors (Lipinski definition) is 1. The normalized spacial score (nSPS) is 27.7. The van der Waals surface area contributed by atoms with Gasteiger partial charge in [0.2, 0.25) is 5.91 Å². The van der Waals surface area contributed by atoms with Crippen LogP contribution in [0.3, 0.4) is 0 Å². The van der Waals surface area contributed by atoms with E-state index in [1.807, 2.05) is 6.07 Å². The Morgan fingerprint density at radius 3 is 2.29 bits per heavy atom. The van der Waals surface area contributed by atoms with Gasteiger partial charge in [-0.3, -0.25) is 9.59 Å². The van der Waals surface area contributed by atoms with E-state index in [-0.39, 0.29) is 17.7 Å². The van der Waals surface area contributed by atoms with Gasteiger partial charge in [-0.15, -0.1) is 0 Å². The van der Waals surface area contributed by atoms with E-state index in [0.717, 1.165) is 38.6 Å². The van der Waals surface area contributed by atoms with Crippen LogP contribution in [0.4, 0.5) is 0 Å². The average molecular weight is 329 g/mol. The Morgan fingerprint density at radius 2 is 1.62 bits per heavy atom. The number of carbonyl (C=O) groups is 2. The summed E-state index contributed by atoms with van der Waals surface area (Å²) in [7, 11) is 0. The number of piperidine rings is 1. The number of nitrogens with zero attached hydrogens (tertiary/aromatic N) is 1. The predicted molar refractivity (Wildman–Crippen MR) is 92.6 cm³/mol. The SMILES string of the molecule is O=C(O)C1CCC(C(=O)N2CCCCC2Cc2ccccc2)CC1. The van der Waals surface area contributed by atoms with E-state index >= 15 is 0 Å². The highest BCUT2D eigenvalue weighted by atomic mass is 16.4. The fourth-order valence-corrected chi connectivity index (χ4v) is 4.21. The number of carboxylic acid groups (broad SMARTS) is 1. The summed E-state index contributed by atoms with van der Waals surface area (Å²) in [4.78, 5) is 26.2. The molecule has 0 bridgehead atoms. The van der Waals surface area contributed by atoms with Crippen molar-refractivity contribution in [2.45, 2.75) is 57.4 Å². The van der Waals surface area contributed by atoms with Crippen LogP contribution in [-0.2, 0) is 16.0 Å². The average Bonchev–Trinajstić information content (AvgIpc) is 2.62. The Bertz CT molecular complexity index is 564. The van der Waals surface area contributed by atoms with Crippen LogP contribution in [0.15, 0.2) is 30.3 Å². The molecule has 1 saturated heterocycles. The summed E-state index contributed by atoms with van der Waals surface area (Å²) in [5, 5.41) is 9.12.